The molecular formula is C15H14N4O3S. The fraction of sp³-hybridized carbons (Fsp3) is 0.200. The van der Waals surface area contributed by atoms with Crippen LogP contribution in [0.25, 0.3) is 0 Å². The Morgan fingerprint density at radius 3 is 2.78 bits per heavy atom. The van der Waals surface area contributed by atoms with Crippen molar-refractivity contribution in [2.45, 2.75) is 12.8 Å². The number of methoxy groups -OCH3 is 1. The predicted molar refractivity (Wildman–Crippen MR) is 86.7 cm³/mol. The number of carbonyl (C=O) groups excluding carboxylic acids is 1. The number of aromatic nitrogens is 3. The highest BCUT2D eigenvalue weighted by molar-refractivity contribution is 7.71. The number of anilines is 1. The number of nitrogens with one attached hydrogen (secondary N) is 3. The third kappa shape index (κ3) is 2.57. The van der Waals surface area contributed by atoms with Crippen LogP contribution in [0.4, 0.5) is 5.82 Å². The number of esters is 1. The first-order chi connectivity index (χ1) is 11.0. The quantitative estimate of drug-likeness (QED) is 0.574. The fourth-order valence-corrected chi connectivity index (χ4v) is 2.90. The lowest BCUT2D eigenvalue weighted by Crippen LogP contribution is -2.31. The van der Waals surface area contributed by atoms with Gasteiger partial charge in [-0.15, -0.1) is 0 Å². The number of aromatic amines is 2. The zero-order chi connectivity index (χ0) is 16.6. The third-order valence-electron chi connectivity index (χ3n) is 3.66. The second-order valence-corrected chi connectivity index (χ2v) is 5.45. The smallest absolute Gasteiger partial charge is 0.336 e. The summed E-state index contributed by atoms with van der Waals surface area (Å²) in [7, 11) is 1.30. The molecular weight excluding hydrogens is 316 g/mol. The summed E-state index contributed by atoms with van der Waals surface area (Å²) < 4.78 is 5.09. The van der Waals surface area contributed by atoms with Crippen LogP contribution in [0.3, 0.4) is 0 Å². The van der Waals surface area contributed by atoms with Crippen molar-refractivity contribution in [2.24, 2.45) is 0 Å². The van der Waals surface area contributed by atoms with Crippen LogP contribution in [0.5, 0.6) is 0 Å². The molecule has 2 aromatic rings. The number of hydrogen-bond donors (Lipinski definition) is 3. The number of H-pyrrole nitrogens is 2. The van der Waals surface area contributed by atoms with Crippen molar-refractivity contribution in [2.75, 3.05) is 12.4 Å². The van der Waals surface area contributed by atoms with E-state index in [0.717, 1.165) is 0 Å². The standard InChI is InChI=1S/C15H14N4O3S/c1-7-9(14(21)22-2)10(8-5-3-4-6-16-8)11-12(17-7)18-15(23)19-13(11)20/h3-6,10H,1-2H3,(H3,17,18,19,20,23)/t10-/m0/s1. The Bertz CT molecular complexity index is 914. The minimum absolute atomic E-state index is 0.204. The van der Waals surface area contributed by atoms with Crippen LogP contribution in [0.2, 0.25) is 0 Å². The predicted octanol–water partition coefficient (Wildman–Crippen LogP) is 1.83. The topological polar surface area (TPSA) is 99.9 Å². The summed E-state index contributed by atoms with van der Waals surface area (Å²) >= 11 is 5.01. The van der Waals surface area contributed by atoms with Gasteiger partial charge in [-0.1, -0.05) is 6.07 Å². The van der Waals surface area contributed by atoms with Crippen molar-refractivity contribution < 1.29 is 9.53 Å². The zero-order valence-corrected chi connectivity index (χ0v) is 13.3. The molecule has 0 saturated heterocycles. The summed E-state index contributed by atoms with van der Waals surface area (Å²) in [6.45, 7) is 1.74. The van der Waals surface area contributed by atoms with Crippen LogP contribution in [-0.2, 0) is 9.53 Å². The van der Waals surface area contributed by atoms with Gasteiger partial charge >= 0.3 is 5.97 Å². The zero-order valence-electron chi connectivity index (χ0n) is 12.5. The highest BCUT2D eigenvalue weighted by Gasteiger charge is 2.36. The maximum Gasteiger partial charge on any atom is 0.336 e. The summed E-state index contributed by atoms with van der Waals surface area (Å²) in [6.07, 6.45) is 1.61. The molecule has 1 aliphatic heterocycles. The van der Waals surface area contributed by atoms with Gasteiger partial charge in [0.25, 0.3) is 5.56 Å². The number of carbonyl (C=O) groups is 1. The molecule has 2 aromatic heterocycles. The molecule has 0 unspecified atom stereocenters. The molecule has 0 aromatic carbocycles. The number of pyridine rings is 1. The molecule has 3 heterocycles. The van der Waals surface area contributed by atoms with E-state index >= 15 is 0 Å². The number of nitrogens with zero attached hydrogens (tertiary/aromatic N) is 1. The Hall–Kier alpha value is -2.74. The monoisotopic (exact) mass is 330 g/mol. The highest BCUT2D eigenvalue weighted by Crippen LogP contribution is 2.38. The van der Waals surface area contributed by atoms with Gasteiger partial charge in [-0.05, 0) is 31.3 Å². The van der Waals surface area contributed by atoms with Gasteiger partial charge in [0, 0.05) is 11.9 Å². The third-order valence-corrected chi connectivity index (χ3v) is 3.87. The van der Waals surface area contributed by atoms with Gasteiger partial charge in [-0.3, -0.25) is 14.8 Å². The molecule has 0 aliphatic carbocycles. The van der Waals surface area contributed by atoms with Crippen LogP contribution >= 0.6 is 12.2 Å². The highest BCUT2D eigenvalue weighted by atomic mass is 32.1. The van der Waals surface area contributed by atoms with Crippen molar-refractivity contribution in [3.8, 4) is 0 Å². The van der Waals surface area contributed by atoms with Gasteiger partial charge in [0.2, 0.25) is 0 Å². The van der Waals surface area contributed by atoms with Crippen molar-refractivity contribution in [3.05, 3.63) is 62.0 Å². The molecule has 118 valence electrons. The van der Waals surface area contributed by atoms with Crippen LogP contribution in [0, 0.1) is 4.77 Å². The van der Waals surface area contributed by atoms with Crippen LogP contribution in [0.15, 0.2) is 40.5 Å². The van der Waals surface area contributed by atoms with Crippen LogP contribution < -0.4 is 10.9 Å². The first-order valence-corrected chi connectivity index (χ1v) is 7.27. The largest absolute Gasteiger partial charge is 0.466 e. The second-order valence-electron chi connectivity index (χ2n) is 5.04. The molecule has 7 nitrogen and oxygen atoms in total. The lowest BCUT2D eigenvalue weighted by atomic mass is 9.85. The molecule has 0 fully saturated rings. The Morgan fingerprint density at radius 1 is 1.35 bits per heavy atom. The Labute approximate surface area is 136 Å². The minimum atomic E-state index is -0.643. The Morgan fingerprint density at radius 2 is 2.13 bits per heavy atom. The number of ether oxygens (including phenoxy) is 1. The Balaban J connectivity index is 2.33. The van der Waals surface area contributed by atoms with Crippen molar-refractivity contribution in [1.82, 2.24) is 15.0 Å². The van der Waals surface area contributed by atoms with Gasteiger partial charge in [-0.2, -0.15) is 0 Å². The van der Waals surface area contributed by atoms with Crippen molar-refractivity contribution in [1.29, 1.82) is 0 Å². The normalized spacial score (nSPS) is 16.5. The van der Waals surface area contributed by atoms with E-state index in [1.807, 2.05) is 0 Å². The summed E-state index contributed by atoms with van der Waals surface area (Å²) in [5, 5.41) is 3.02. The average molecular weight is 330 g/mol. The van der Waals surface area contributed by atoms with Gasteiger partial charge in [0.1, 0.15) is 5.82 Å². The number of hydrogen-bond acceptors (Lipinski definition) is 6. The van der Waals surface area contributed by atoms with Gasteiger partial charge in [0.05, 0.1) is 29.9 Å². The first kappa shape index (κ1) is 15.2. The van der Waals surface area contributed by atoms with E-state index in [2.05, 4.69) is 20.3 Å². The van der Waals surface area contributed by atoms with Crippen LogP contribution in [-0.4, -0.2) is 28.0 Å². The fourth-order valence-electron chi connectivity index (χ4n) is 2.71. The van der Waals surface area contributed by atoms with E-state index in [1.165, 1.54) is 7.11 Å². The molecule has 0 spiro atoms. The summed E-state index contributed by atoms with van der Waals surface area (Å²) in [5.41, 5.74) is 1.47. The minimum Gasteiger partial charge on any atom is -0.466 e. The molecule has 0 radical (unpaired) electrons. The number of fused-ring (bicyclic) bond motifs is 1. The lowest BCUT2D eigenvalue weighted by Gasteiger charge is -2.27. The number of allylic oxidation sites excluding steroid dienone is 1. The first-order valence-electron chi connectivity index (χ1n) is 6.86. The maximum atomic E-state index is 12.4. The van der Waals surface area contributed by atoms with E-state index in [0.29, 0.717) is 28.3 Å². The van der Waals surface area contributed by atoms with Gasteiger partial charge in [0.15, 0.2) is 4.77 Å². The molecule has 0 bridgehead atoms. The summed E-state index contributed by atoms with van der Waals surface area (Å²) in [6, 6.07) is 5.33. The van der Waals surface area contributed by atoms with Gasteiger partial charge in [-0.25, -0.2) is 4.79 Å². The molecule has 0 saturated carbocycles. The van der Waals surface area contributed by atoms with Crippen molar-refractivity contribution in [3.63, 3.8) is 0 Å². The second kappa shape index (κ2) is 5.81. The maximum absolute atomic E-state index is 12.4. The molecule has 0 amide bonds. The molecule has 23 heavy (non-hydrogen) atoms. The summed E-state index contributed by atoms with van der Waals surface area (Å²) in [4.78, 5) is 34.5. The van der Waals surface area contributed by atoms with Gasteiger partial charge < -0.3 is 15.0 Å². The lowest BCUT2D eigenvalue weighted by molar-refractivity contribution is -0.136. The average Bonchev–Trinajstić information content (AvgIpc) is 2.53. The molecule has 3 rings (SSSR count). The van der Waals surface area contributed by atoms with E-state index in [9.17, 15) is 9.59 Å². The molecule has 1 atom stereocenters. The van der Waals surface area contributed by atoms with Crippen LogP contribution in [0.1, 0.15) is 24.1 Å². The van der Waals surface area contributed by atoms with E-state index in [1.54, 1.807) is 31.3 Å². The van der Waals surface area contributed by atoms with E-state index in [-0.39, 0.29) is 10.3 Å². The SMILES string of the molecule is COC(=O)C1=C(C)Nc2[nH]c(=S)[nH]c(=O)c2[C@H]1c1ccccn1. The molecule has 8 heteroatoms. The summed E-state index contributed by atoms with van der Waals surface area (Å²) in [5.74, 6) is -0.701. The van der Waals surface area contributed by atoms with E-state index < -0.39 is 11.9 Å². The molecule has 3 N–H and O–H groups in total. The Kier molecular flexibility index (Phi) is 3.83. The van der Waals surface area contributed by atoms with Crippen molar-refractivity contribution >= 4 is 24.0 Å². The number of rotatable bonds is 2. The molecule has 1 aliphatic rings. The van der Waals surface area contributed by atoms with E-state index in [4.69, 9.17) is 17.0 Å².